The Labute approximate surface area is 104 Å². The fourth-order valence-corrected chi connectivity index (χ4v) is 2.33. The van der Waals surface area contributed by atoms with Crippen LogP contribution in [0.25, 0.3) is 0 Å². The molecule has 1 N–H and O–H groups in total. The summed E-state index contributed by atoms with van der Waals surface area (Å²) in [5.41, 5.74) is 0.718. The summed E-state index contributed by atoms with van der Waals surface area (Å²) in [6, 6.07) is 0.0337. The maximum absolute atomic E-state index is 13.0. The Balaban J connectivity index is 2.33. The topological polar surface area (TPSA) is 29.9 Å². The van der Waals surface area contributed by atoms with E-state index in [1.165, 1.54) is 0 Å². The number of nitrogens with zero attached hydrogens (tertiary/aromatic N) is 2. The highest BCUT2D eigenvalue weighted by molar-refractivity contribution is 5.41. The Kier molecular flexibility index (Phi) is 3.29. The largest absolute Gasteiger partial charge is 0.410 e. The number of halogens is 3. The van der Waals surface area contributed by atoms with Crippen LogP contribution in [0.4, 0.5) is 19.0 Å². The normalized spacial score (nSPS) is 23.9. The molecular formula is C12H18F3N3. The van der Waals surface area contributed by atoms with Gasteiger partial charge in [-0.3, -0.25) is 0 Å². The molecule has 1 aliphatic rings. The van der Waals surface area contributed by atoms with Crippen LogP contribution in [0.15, 0.2) is 6.07 Å². The van der Waals surface area contributed by atoms with Gasteiger partial charge in [-0.05, 0) is 25.7 Å². The maximum Gasteiger partial charge on any atom is 0.410 e. The summed E-state index contributed by atoms with van der Waals surface area (Å²) >= 11 is 0. The molecule has 18 heavy (non-hydrogen) atoms. The van der Waals surface area contributed by atoms with E-state index >= 15 is 0 Å². The molecule has 0 bridgehead atoms. The van der Waals surface area contributed by atoms with Gasteiger partial charge >= 0.3 is 6.18 Å². The molecule has 0 aliphatic carbocycles. The molecule has 3 nitrogen and oxygen atoms in total. The van der Waals surface area contributed by atoms with E-state index in [9.17, 15) is 13.2 Å². The Morgan fingerprint density at radius 3 is 2.72 bits per heavy atom. The van der Waals surface area contributed by atoms with Gasteiger partial charge in [0.05, 0.1) is 5.69 Å². The van der Waals surface area contributed by atoms with Crippen LogP contribution in [-0.4, -0.2) is 22.0 Å². The van der Waals surface area contributed by atoms with Crippen LogP contribution in [0, 0.1) is 5.92 Å². The van der Waals surface area contributed by atoms with Crippen molar-refractivity contribution in [3.63, 3.8) is 0 Å². The summed E-state index contributed by atoms with van der Waals surface area (Å²) in [6.07, 6.45) is -3.52. The third-order valence-corrected chi connectivity index (χ3v) is 3.05. The van der Waals surface area contributed by atoms with Crippen molar-refractivity contribution in [2.24, 2.45) is 5.92 Å². The zero-order chi connectivity index (χ0) is 13.5. The van der Waals surface area contributed by atoms with Crippen molar-refractivity contribution < 1.29 is 13.2 Å². The van der Waals surface area contributed by atoms with Gasteiger partial charge in [-0.15, -0.1) is 0 Å². The van der Waals surface area contributed by atoms with Gasteiger partial charge in [0.1, 0.15) is 5.82 Å². The minimum absolute atomic E-state index is 0.0271. The Bertz CT molecular complexity index is 423. The van der Waals surface area contributed by atoms with Gasteiger partial charge in [0, 0.05) is 12.1 Å². The quantitative estimate of drug-likeness (QED) is 0.884. The van der Waals surface area contributed by atoms with E-state index in [1.807, 2.05) is 13.8 Å². The average Bonchev–Trinajstić information content (AvgIpc) is 2.55. The van der Waals surface area contributed by atoms with Crippen LogP contribution in [0.1, 0.15) is 38.9 Å². The summed E-state index contributed by atoms with van der Waals surface area (Å²) in [5, 5.41) is 7.16. The van der Waals surface area contributed by atoms with Crippen molar-refractivity contribution in [3.05, 3.63) is 11.8 Å². The average molecular weight is 261 g/mol. The maximum atomic E-state index is 13.0. The molecule has 2 unspecified atom stereocenters. The first-order valence-electron chi connectivity index (χ1n) is 6.19. The molecule has 2 atom stereocenters. The van der Waals surface area contributed by atoms with Crippen LogP contribution < -0.4 is 5.32 Å². The molecule has 0 amide bonds. The third kappa shape index (κ3) is 2.62. The molecule has 1 aliphatic heterocycles. The number of fused-ring (bicyclic) bond motifs is 1. The van der Waals surface area contributed by atoms with E-state index in [2.05, 4.69) is 10.4 Å². The van der Waals surface area contributed by atoms with Crippen molar-refractivity contribution >= 4 is 5.82 Å². The van der Waals surface area contributed by atoms with Gasteiger partial charge < -0.3 is 5.32 Å². The van der Waals surface area contributed by atoms with Gasteiger partial charge in [-0.25, -0.2) is 4.68 Å². The number of hydrogen-bond acceptors (Lipinski definition) is 2. The molecule has 102 valence electrons. The van der Waals surface area contributed by atoms with Gasteiger partial charge in [-0.1, -0.05) is 13.8 Å². The Hall–Kier alpha value is -1.20. The first-order valence-corrected chi connectivity index (χ1v) is 6.19. The molecule has 1 aromatic rings. The molecule has 6 heteroatoms. The minimum Gasteiger partial charge on any atom is -0.368 e. The van der Waals surface area contributed by atoms with Crippen molar-refractivity contribution in [1.82, 2.24) is 9.78 Å². The number of rotatable bonds is 2. The van der Waals surface area contributed by atoms with E-state index in [0.29, 0.717) is 18.2 Å². The number of alkyl halides is 3. The molecule has 0 spiro atoms. The second-order valence-corrected chi connectivity index (χ2v) is 5.40. The van der Waals surface area contributed by atoms with Gasteiger partial charge in [0.25, 0.3) is 0 Å². The summed E-state index contributed by atoms with van der Waals surface area (Å²) in [6.45, 7) is 5.81. The lowest BCUT2D eigenvalue weighted by Crippen LogP contribution is -2.37. The molecule has 1 aromatic heterocycles. The van der Waals surface area contributed by atoms with E-state index in [4.69, 9.17) is 0 Å². The van der Waals surface area contributed by atoms with Gasteiger partial charge in [0.15, 0.2) is 6.04 Å². The van der Waals surface area contributed by atoms with E-state index < -0.39 is 12.2 Å². The number of hydrogen-bond donors (Lipinski definition) is 1. The lowest BCUT2D eigenvalue weighted by atomic mass is 10.1. The van der Waals surface area contributed by atoms with Crippen molar-refractivity contribution in [2.75, 3.05) is 5.32 Å². The number of aromatic nitrogens is 2. The first-order chi connectivity index (χ1) is 8.27. The van der Waals surface area contributed by atoms with Crippen LogP contribution in [0.3, 0.4) is 0 Å². The first kappa shape index (κ1) is 13.2. The zero-order valence-corrected chi connectivity index (χ0v) is 10.8. The van der Waals surface area contributed by atoms with Crippen LogP contribution in [-0.2, 0) is 6.42 Å². The van der Waals surface area contributed by atoms with Crippen molar-refractivity contribution in [3.8, 4) is 0 Å². The van der Waals surface area contributed by atoms with E-state index in [-0.39, 0.29) is 12.5 Å². The lowest BCUT2D eigenvalue weighted by Gasteiger charge is -2.31. The molecule has 0 radical (unpaired) electrons. The van der Waals surface area contributed by atoms with Crippen molar-refractivity contribution in [1.29, 1.82) is 0 Å². The molecule has 0 aromatic carbocycles. The second kappa shape index (κ2) is 4.48. The van der Waals surface area contributed by atoms with Gasteiger partial charge in [0.2, 0.25) is 0 Å². The monoisotopic (exact) mass is 261 g/mol. The predicted octanol–water partition coefficient (Wildman–Crippen LogP) is 3.39. The lowest BCUT2D eigenvalue weighted by molar-refractivity contribution is -0.173. The smallest absolute Gasteiger partial charge is 0.368 e. The fraction of sp³-hybridized carbons (Fsp3) is 0.750. The van der Waals surface area contributed by atoms with E-state index in [1.54, 1.807) is 13.0 Å². The summed E-state index contributed by atoms with van der Waals surface area (Å²) in [4.78, 5) is 0. The van der Waals surface area contributed by atoms with E-state index in [0.717, 1.165) is 10.4 Å². The fourth-order valence-electron chi connectivity index (χ4n) is 2.33. The zero-order valence-electron chi connectivity index (χ0n) is 10.8. The third-order valence-electron chi connectivity index (χ3n) is 3.05. The SMILES string of the molecule is CC(C)Cc1cc2n(n1)C(C(F)(F)F)CC(C)N2. The Morgan fingerprint density at radius 2 is 2.17 bits per heavy atom. The highest BCUT2D eigenvalue weighted by Gasteiger charge is 2.45. The highest BCUT2D eigenvalue weighted by Crippen LogP contribution is 2.39. The summed E-state index contributed by atoms with van der Waals surface area (Å²) in [7, 11) is 0. The van der Waals surface area contributed by atoms with Crippen LogP contribution in [0.5, 0.6) is 0 Å². The van der Waals surface area contributed by atoms with Crippen molar-refractivity contribution in [2.45, 2.75) is 51.9 Å². The number of nitrogens with one attached hydrogen (secondary N) is 1. The predicted molar refractivity (Wildman–Crippen MR) is 63.6 cm³/mol. The Morgan fingerprint density at radius 1 is 1.50 bits per heavy atom. The number of anilines is 1. The van der Waals surface area contributed by atoms with Crippen LogP contribution in [0.2, 0.25) is 0 Å². The van der Waals surface area contributed by atoms with Crippen LogP contribution >= 0.6 is 0 Å². The highest BCUT2D eigenvalue weighted by atomic mass is 19.4. The molecule has 0 fully saturated rings. The standard InChI is InChI=1S/C12H18F3N3/c1-7(2)4-9-6-11-16-8(3)5-10(12(13,14)15)18(11)17-9/h6-8,10,16H,4-5H2,1-3H3. The molecular weight excluding hydrogens is 243 g/mol. The molecule has 2 heterocycles. The molecule has 0 saturated carbocycles. The second-order valence-electron chi connectivity index (χ2n) is 5.40. The molecule has 0 saturated heterocycles. The van der Waals surface area contributed by atoms with Gasteiger partial charge in [-0.2, -0.15) is 18.3 Å². The summed E-state index contributed by atoms with van der Waals surface area (Å²) in [5.74, 6) is 0.857. The minimum atomic E-state index is -4.24. The summed E-state index contributed by atoms with van der Waals surface area (Å²) < 4.78 is 40.0. The molecule has 2 rings (SSSR count).